The molecule has 0 amide bonds. The molecule has 1 aliphatic heterocycles. The molecule has 0 bridgehead atoms. The molecule has 3 aliphatic carbocycles. The SMILES string of the molecule is COCC/N=C1/C=C(NC2OC(C)C(OC)C(O)C2OC)C(=O)c2cc3c(c(O)c21)C(=O)C1(OC)C(O)Cc2cc(C)c(C(=O)O)c(O)c2C1(O)C3=O. The zero-order chi connectivity index (χ0) is 38.9. The van der Waals surface area contributed by atoms with Gasteiger partial charge in [0.1, 0.15) is 35.4 Å². The first kappa shape index (κ1) is 38.1. The van der Waals surface area contributed by atoms with Gasteiger partial charge in [-0.2, -0.15) is 0 Å². The van der Waals surface area contributed by atoms with Gasteiger partial charge in [0.25, 0.3) is 0 Å². The average Bonchev–Trinajstić information content (AvgIpc) is 3.09. The third-order valence-corrected chi connectivity index (χ3v) is 10.6. The van der Waals surface area contributed by atoms with E-state index in [0.717, 1.165) is 13.2 Å². The van der Waals surface area contributed by atoms with Crippen LogP contribution in [0.4, 0.5) is 0 Å². The van der Waals surface area contributed by atoms with E-state index in [1.165, 1.54) is 40.4 Å². The van der Waals surface area contributed by atoms with E-state index in [9.17, 15) is 49.8 Å². The van der Waals surface area contributed by atoms with Crippen LogP contribution in [-0.4, -0.2) is 144 Å². The molecule has 1 fully saturated rings. The maximum Gasteiger partial charge on any atom is 0.339 e. The minimum atomic E-state index is -3.25. The summed E-state index contributed by atoms with van der Waals surface area (Å²) in [6.45, 7) is 3.14. The first-order chi connectivity index (χ1) is 25.1. The van der Waals surface area contributed by atoms with Gasteiger partial charge in [0, 0.05) is 51.6 Å². The molecule has 8 atom stereocenters. The first-order valence-corrected chi connectivity index (χ1v) is 16.6. The number of Topliss-reactive ketones (excluding diaryl/α,β-unsaturated/α-hetero) is 3. The fourth-order valence-corrected chi connectivity index (χ4v) is 8.16. The molecule has 0 radical (unpaired) electrons. The summed E-state index contributed by atoms with van der Waals surface area (Å²) in [7, 11) is 5.09. The average molecular weight is 741 g/mol. The van der Waals surface area contributed by atoms with Crippen molar-refractivity contribution in [2.45, 2.75) is 68.2 Å². The van der Waals surface area contributed by atoms with E-state index in [1.807, 2.05) is 0 Å². The third kappa shape index (κ3) is 5.25. The number of aliphatic hydroxyl groups is 3. The van der Waals surface area contributed by atoms with Crippen molar-refractivity contribution in [2.24, 2.45) is 4.99 Å². The van der Waals surface area contributed by atoms with Gasteiger partial charge in [0.05, 0.1) is 47.9 Å². The smallest absolute Gasteiger partial charge is 0.339 e. The van der Waals surface area contributed by atoms with Crippen LogP contribution >= 0.6 is 0 Å². The molecular weight excluding hydrogens is 700 g/mol. The molecule has 17 heteroatoms. The summed E-state index contributed by atoms with van der Waals surface area (Å²) in [5.74, 6) is -7.00. The number of aromatic carboxylic acids is 1. The molecule has 7 N–H and O–H groups in total. The Balaban J connectivity index is 1.56. The number of allylic oxidation sites excluding steroid dienone is 2. The van der Waals surface area contributed by atoms with E-state index in [4.69, 9.17) is 23.7 Å². The van der Waals surface area contributed by atoms with Crippen LogP contribution in [0.1, 0.15) is 70.6 Å². The summed E-state index contributed by atoms with van der Waals surface area (Å²) < 4.78 is 27.5. The van der Waals surface area contributed by atoms with Gasteiger partial charge in [-0.15, -0.1) is 0 Å². The Morgan fingerprint density at radius 2 is 1.68 bits per heavy atom. The lowest BCUT2D eigenvalue weighted by Gasteiger charge is -2.53. The number of nitrogens with zero attached hydrogens (tertiary/aromatic N) is 1. The quantitative estimate of drug-likeness (QED) is 0.166. The second-order valence-electron chi connectivity index (χ2n) is 13.3. The van der Waals surface area contributed by atoms with Crippen molar-refractivity contribution in [1.29, 1.82) is 0 Å². The molecule has 53 heavy (non-hydrogen) atoms. The number of aryl methyl sites for hydroxylation is 1. The highest BCUT2D eigenvalue weighted by atomic mass is 16.6. The summed E-state index contributed by atoms with van der Waals surface area (Å²) in [4.78, 5) is 60.3. The molecule has 0 spiro atoms. The number of ether oxygens (including phenoxy) is 5. The Bertz CT molecular complexity index is 1990. The Morgan fingerprint density at radius 1 is 1.00 bits per heavy atom. The first-order valence-electron chi connectivity index (χ1n) is 16.6. The van der Waals surface area contributed by atoms with Crippen molar-refractivity contribution in [3.63, 3.8) is 0 Å². The highest BCUT2D eigenvalue weighted by Gasteiger charge is 2.72. The van der Waals surface area contributed by atoms with Crippen LogP contribution in [0, 0.1) is 6.92 Å². The molecule has 1 saturated heterocycles. The van der Waals surface area contributed by atoms with E-state index >= 15 is 0 Å². The maximum atomic E-state index is 14.7. The zero-order valence-electron chi connectivity index (χ0n) is 29.6. The van der Waals surface area contributed by atoms with Gasteiger partial charge >= 0.3 is 5.97 Å². The third-order valence-electron chi connectivity index (χ3n) is 10.6. The van der Waals surface area contributed by atoms with Gasteiger partial charge < -0.3 is 59.6 Å². The van der Waals surface area contributed by atoms with E-state index in [-0.39, 0.29) is 46.8 Å². The lowest BCUT2D eigenvalue weighted by atomic mass is 9.56. The number of aliphatic hydroxyl groups excluding tert-OH is 2. The molecule has 6 rings (SSSR count). The predicted octanol–water partition coefficient (Wildman–Crippen LogP) is -0.0856. The number of phenols is 2. The number of fused-ring (bicyclic) bond motifs is 5. The van der Waals surface area contributed by atoms with Crippen molar-refractivity contribution >= 4 is 29.0 Å². The minimum absolute atomic E-state index is 0.0143. The molecule has 284 valence electrons. The molecule has 17 nitrogen and oxygen atoms in total. The van der Waals surface area contributed by atoms with Crippen LogP contribution < -0.4 is 5.32 Å². The number of carbonyl (C=O) groups excluding carboxylic acids is 3. The number of aromatic hydroxyl groups is 2. The number of nitrogens with one attached hydrogen (secondary N) is 1. The van der Waals surface area contributed by atoms with E-state index in [0.29, 0.717) is 0 Å². The number of carbonyl (C=O) groups is 4. The number of hydrogen-bond donors (Lipinski definition) is 7. The largest absolute Gasteiger partial charge is 0.507 e. The molecule has 0 aromatic heterocycles. The van der Waals surface area contributed by atoms with Crippen LogP contribution in [-0.2, 0) is 35.7 Å². The number of methoxy groups -OCH3 is 4. The maximum absolute atomic E-state index is 14.7. The molecular formula is C36H40N2O15. The Labute approximate surface area is 302 Å². The van der Waals surface area contributed by atoms with Gasteiger partial charge in [0.15, 0.2) is 17.4 Å². The van der Waals surface area contributed by atoms with Crippen molar-refractivity contribution in [3.05, 3.63) is 68.4 Å². The molecule has 8 unspecified atom stereocenters. The molecule has 4 aliphatic rings. The molecule has 0 saturated carbocycles. The number of ketones is 3. The van der Waals surface area contributed by atoms with Gasteiger partial charge in [-0.05, 0) is 37.1 Å². The fourth-order valence-electron chi connectivity index (χ4n) is 8.16. The number of aliphatic imine (C=N–C) groups is 1. The zero-order valence-corrected chi connectivity index (χ0v) is 29.6. The van der Waals surface area contributed by atoms with Crippen LogP contribution in [0.3, 0.4) is 0 Å². The normalized spacial score (nSPS) is 31.4. The summed E-state index contributed by atoms with van der Waals surface area (Å²) in [6.07, 6.45) is -5.94. The number of hydrogen-bond acceptors (Lipinski definition) is 16. The van der Waals surface area contributed by atoms with Crippen LogP contribution in [0.15, 0.2) is 28.9 Å². The summed E-state index contributed by atoms with van der Waals surface area (Å²) >= 11 is 0. The van der Waals surface area contributed by atoms with Gasteiger partial charge in [-0.1, -0.05) is 6.07 Å². The number of carboxylic acids is 1. The second-order valence-corrected chi connectivity index (χ2v) is 13.3. The number of carboxylic acid groups (broad SMARTS) is 1. The van der Waals surface area contributed by atoms with Gasteiger partial charge in [0.2, 0.25) is 17.3 Å². The van der Waals surface area contributed by atoms with Crippen molar-refractivity contribution in [3.8, 4) is 11.5 Å². The van der Waals surface area contributed by atoms with Crippen LogP contribution in [0.25, 0.3) is 0 Å². The Hall–Kier alpha value is -4.59. The van der Waals surface area contributed by atoms with E-state index in [1.54, 1.807) is 6.92 Å². The molecule has 1 heterocycles. The van der Waals surface area contributed by atoms with Gasteiger partial charge in [-0.3, -0.25) is 19.4 Å². The van der Waals surface area contributed by atoms with Gasteiger partial charge in [-0.25, -0.2) is 4.79 Å². The van der Waals surface area contributed by atoms with Crippen LogP contribution in [0.2, 0.25) is 0 Å². The highest BCUT2D eigenvalue weighted by Crippen LogP contribution is 2.56. The van der Waals surface area contributed by atoms with Crippen molar-refractivity contribution < 1.29 is 73.5 Å². The lowest BCUT2D eigenvalue weighted by Crippen LogP contribution is -2.73. The number of phenolic OH excluding ortho intramolecular Hbond substituents is 1. The summed E-state index contributed by atoms with van der Waals surface area (Å²) in [5.41, 5.74) is -9.67. The monoisotopic (exact) mass is 740 g/mol. The van der Waals surface area contributed by atoms with Crippen molar-refractivity contribution in [2.75, 3.05) is 41.6 Å². The Morgan fingerprint density at radius 3 is 2.28 bits per heavy atom. The van der Waals surface area contributed by atoms with E-state index < -0.39 is 111 Å². The fraction of sp³-hybridized carbons (Fsp3) is 0.472. The topological polar surface area (TPSA) is 260 Å². The summed E-state index contributed by atoms with van der Waals surface area (Å²) in [6, 6.07) is 2.24. The lowest BCUT2D eigenvalue weighted by molar-refractivity contribution is -0.236. The van der Waals surface area contributed by atoms with E-state index in [2.05, 4.69) is 10.3 Å². The number of benzene rings is 2. The number of rotatable bonds is 9. The van der Waals surface area contributed by atoms with Crippen LogP contribution in [0.5, 0.6) is 11.5 Å². The minimum Gasteiger partial charge on any atom is -0.507 e. The predicted molar refractivity (Wildman–Crippen MR) is 181 cm³/mol. The Kier molecular flexibility index (Phi) is 9.84. The molecule has 2 aromatic rings. The summed E-state index contributed by atoms with van der Waals surface area (Å²) in [5, 5.41) is 71.0. The molecule has 2 aromatic carbocycles. The standard InChI is InChI=1S/C36H40N2O15/c1-13-9-15-10-20(39)36(52-6)32(45)23-17(31(44)35(36,48)24(15)27(42)21(13)34(46)47)11-16-22(26(23)41)18(37-7-8-49-3)12-19(25(16)40)38-33-30(51-5)28(43)29(50-4)14(2)53-33/h9,11-12,14,20,28-30,33,38-39,41-43,48H,7-8,10H2,1-6H3,(H,46,47)/b37-18-. The second kappa shape index (κ2) is 13.7. The highest BCUT2D eigenvalue weighted by molar-refractivity contribution is 6.31. The van der Waals surface area contributed by atoms with Crippen molar-refractivity contribution in [1.82, 2.24) is 5.32 Å².